The van der Waals surface area contributed by atoms with E-state index in [0.29, 0.717) is 35.6 Å². The third-order valence-corrected chi connectivity index (χ3v) is 6.58. The molecule has 0 saturated carbocycles. The molecule has 4 rings (SSSR count). The van der Waals surface area contributed by atoms with Gasteiger partial charge in [-0.2, -0.15) is 0 Å². The van der Waals surface area contributed by atoms with Crippen molar-refractivity contribution in [2.45, 2.75) is 45.0 Å². The summed E-state index contributed by atoms with van der Waals surface area (Å²) in [6, 6.07) is 15.9. The van der Waals surface area contributed by atoms with Gasteiger partial charge in [-0.15, -0.1) is 0 Å². The minimum absolute atomic E-state index is 0.0735. The van der Waals surface area contributed by atoms with Gasteiger partial charge in [-0.1, -0.05) is 59.6 Å². The molecule has 2 atom stereocenters. The fraction of sp³-hybridized carbons (Fsp3) is 0.360. The van der Waals surface area contributed by atoms with Crippen LogP contribution in [-0.2, 0) is 17.8 Å². The van der Waals surface area contributed by atoms with Crippen LogP contribution in [-0.4, -0.2) is 35.0 Å². The molecular weight excluding hydrogens is 461 g/mol. The highest BCUT2D eigenvalue weighted by atomic mass is 35.5. The van der Waals surface area contributed by atoms with Crippen LogP contribution < -0.4 is 5.32 Å². The number of benzene rings is 2. The Kier molecular flexibility index (Phi) is 8.04. The van der Waals surface area contributed by atoms with Gasteiger partial charge in [-0.3, -0.25) is 9.69 Å². The van der Waals surface area contributed by atoms with Gasteiger partial charge in [0, 0.05) is 25.7 Å². The van der Waals surface area contributed by atoms with E-state index < -0.39 is 0 Å². The molecule has 33 heavy (non-hydrogen) atoms. The Morgan fingerprint density at radius 1 is 1.18 bits per heavy atom. The molecule has 1 fully saturated rings. The molecule has 0 radical (unpaired) electrons. The summed E-state index contributed by atoms with van der Waals surface area (Å²) >= 11 is 12.3. The molecule has 174 valence electrons. The van der Waals surface area contributed by atoms with Crippen LogP contribution in [0.1, 0.15) is 53.3 Å². The average Bonchev–Trinajstić information content (AvgIpc) is 3.52. The zero-order valence-corrected chi connectivity index (χ0v) is 20.0. The molecule has 1 aromatic heterocycles. The van der Waals surface area contributed by atoms with E-state index in [4.69, 9.17) is 32.4 Å². The average molecular weight is 488 g/mol. The standard InChI is InChI=1S/C25H27Cl2N3O3/c1-17(19-6-3-2-4-7-19)30(14-18-9-10-21(26)22(27)12-18)15-24-29-23(16-33-24)25(31)28-13-20-8-5-11-32-20/h2-4,6-7,9-10,12,16-17,20H,5,8,11,13-15H2,1H3,(H,28,31)/t17-,20+/m0/s1. The Bertz CT molecular complexity index is 1070. The smallest absolute Gasteiger partial charge is 0.273 e. The first-order valence-corrected chi connectivity index (χ1v) is 11.8. The highest BCUT2D eigenvalue weighted by molar-refractivity contribution is 6.42. The van der Waals surface area contributed by atoms with E-state index in [2.05, 4.69) is 34.3 Å². The molecule has 2 aromatic carbocycles. The normalized spacial score (nSPS) is 16.8. The fourth-order valence-electron chi connectivity index (χ4n) is 3.91. The Morgan fingerprint density at radius 3 is 2.73 bits per heavy atom. The first-order valence-electron chi connectivity index (χ1n) is 11.1. The summed E-state index contributed by atoms with van der Waals surface area (Å²) in [7, 11) is 0. The Morgan fingerprint density at radius 2 is 2.00 bits per heavy atom. The van der Waals surface area contributed by atoms with Gasteiger partial charge in [0.25, 0.3) is 5.91 Å². The molecule has 3 aromatic rings. The second kappa shape index (κ2) is 11.2. The summed E-state index contributed by atoms with van der Waals surface area (Å²) in [4.78, 5) is 19.1. The van der Waals surface area contributed by atoms with Crippen molar-refractivity contribution in [1.29, 1.82) is 0 Å². The molecule has 1 N–H and O–H groups in total. The van der Waals surface area contributed by atoms with Crippen molar-refractivity contribution in [3.63, 3.8) is 0 Å². The van der Waals surface area contributed by atoms with Crippen molar-refractivity contribution in [3.8, 4) is 0 Å². The van der Waals surface area contributed by atoms with Crippen LogP contribution >= 0.6 is 23.2 Å². The molecule has 0 aliphatic carbocycles. The lowest BCUT2D eigenvalue weighted by molar-refractivity contribution is 0.0853. The molecule has 1 amide bonds. The van der Waals surface area contributed by atoms with Crippen LogP contribution in [0, 0.1) is 0 Å². The van der Waals surface area contributed by atoms with Gasteiger partial charge in [0.1, 0.15) is 6.26 Å². The van der Waals surface area contributed by atoms with E-state index in [1.54, 1.807) is 6.07 Å². The zero-order chi connectivity index (χ0) is 23.2. The lowest BCUT2D eigenvalue weighted by Gasteiger charge is -2.28. The number of oxazole rings is 1. The number of carbonyl (C=O) groups excluding carboxylic acids is 1. The summed E-state index contributed by atoms with van der Waals surface area (Å²) in [5.41, 5.74) is 2.46. The van der Waals surface area contributed by atoms with Crippen LogP contribution in [0.2, 0.25) is 10.0 Å². The molecule has 0 bridgehead atoms. The number of hydrogen-bond donors (Lipinski definition) is 1. The lowest BCUT2D eigenvalue weighted by atomic mass is 10.1. The van der Waals surface area contributed by atoms with Crippen molar-refractivity contribution >= 4 is 29.1 Å². The topological polar surface area (TPSA) is 67.6 Å². The molecule has 8 heteroatoms. The van der Waals surface area contributed by atoms with E-state index in [1.165, 1.54) is 11.8 Å². The van der Waals surface area contributed by atoms with Crippen LogP contribution in [0.4, 0.5) is 0 Å². The number of aromatic nitrogens is 1. The predicted octanol–water partition coefficient (Wildman–Crippen LogP) is 5.65. The van der Waals surface area contributed by atoms with Crippen LogP contribution in [0.5, 0.6) is 0 Å². The SMILES string of the molecule is C[C@@H](c1ccccc1)N(Cc1ccc(Cl)c(Cl)c1)Cc1nc(C(=O)NC[C@H]2CCCO2)co1. The summed E-state index contributed by atoms with van der Waals surface area (Å²) < 4.78 is 11.2. The number of hydrogen-bond acceptors (Lipinski definition) is 5. The van der Waals surface area contributed by atoms with Gasteiger partial charge in [0.15, 0.2) is 5.69 Å². The number of halogens is 2. The molecule has 1 saturated heterocycles. The van der Waals surface area contributed by atoms with Crippen molar-refractivity contribution in [2.24, 2.45) is 0 Å². The van der Waals surface area contributed by atoms with Crippen molar-refractivity contribution in [2.75, 3.05) is 13.2 Å². The number of nitrogens with zero attached hydrogens (tertiary/aromatic N) is 2. The van der Waals surface area contributed by atoms with Gasteiger partial charge in [-0.25, -0.2) is 4.98 Å². The monoisotopic (exact) mass is 487 g/mol. The second-order valence-electron chi connectivity index (χ2n) is 8.21. The third kappa shape index (κ3) is 6.36. The molecule has 0 spiro atoms. The number of nitrogens with one attached hydrogen (secondary N) is 1. The zero-order valence-electron chi connectivity index (χ0n) is 18.5. The van der Waals surface area contributed by atoms with E-state index in [9.17, 15) is 4.79 Å². The van der Waals surface area contributed by atoms with Crippen LogP contribution in [0.3, 0.4) is 0 Å². The lowest BCUT2D eigenvalue weighted by Crippen LogP contribution is -2.32. The summed E-state index contributed by atoms with van der Waals surface area (Å²) in [5.74, 6) is 0.216. The Balaban J connectivity index is 1.47. The maximum absolute atomic E-state index is 12.5. The van der Waals surface area contributed by atoms with Gasteiger partial charge in [0.05, 0.1) is 22.7 Å². The first-order chi connectivity index (χ1) is 16.0. The molecule has 1 aliphatic rings. The maximum Gasteiger partial charge on any atom is 0.273 e. The summed E-state index contributed by atoms with van der Waals surface area (Å²) in [5, 5.41) is 3.92. The maximum atomic E-state index is 12.5. The number of rotatable bonds is 9. The summed E-state index contributed by atoms with van der Waals surface area (Å²) in [6.07, 6.45) is 3.48. The third-order valence-electron chi connectivity index (χ3n) is 5.84. The minimum atomic E-state index is -0.257. The van der Waals surface area contributed by atoms with Crippen molar-refractivity contribution in [3.05, 3.63) is 87.6 Å². The molecule has 2 heterocycles. The highest BCUT2D eigenvalue weighted by Crippen LogP contribution is 2.27. The van der Waals surface area contributed by atoms with E-state index in [1.807, 2.05) is 30.3 Å². The van der Waals surface area contributed by atoms with Gasteiger partial charge >= 0.3 is 0 Å². The molecule has 1 aliphatic heterocycles. The fourth-order valence-corrected chi connectivity index (χ4v) is 4.23. The van der Waals surface area contributed by atoms with E-state index >= 15 is 0 Å². The predicted molar refractivity (Wildman–Crippen MR) is 128 cm³/mol. The van der Waals surface area contributed by atoms with Gasteiger partial charge in [0.2, 0.25) is 5.89 Å². The second-order valence-corrected chi connectivity index (χ2v) is 9.03. The minimum Gasteiger partial charge on any atom is -0.447 e. The van der Waals surface area contributed by atoms with Gasteiger partial charge in [-0.05, 0) is 43.0 Å². The highest BCUT2D eigenvalue weighted by Gasteiger charge is 2.22. The van der Waals surface area contributed by atoms with Crippen LogP contribution in [0.15, 0.2) is 59.2 Å². The van der Waals surface area contributed by atoms with Crippen LogP contribution in [0.25, 0.3) is 0 Å². The molecule has 6 nitrogen and oxygen atoms in total. The number of amides is 1. The van der Waals surface area contributed by atoms with E-state index in [0.717, 1.165) is 25.0 Å². The molecular formula is C25H27Cl2N3O3. The summed E-state index contributed by atoms with van der Waals surface area (Å²) in [6.45, 7) is 4.40. The first kappa shape index (κ1) is 23.8. The van der Waals surface area contributed by atoms with Gasteiger partial charge < -0.3 is 14.5 Å². The van der Waals surface area contributed by atoms with Crippen molar-refractivity contribution < 1.29 is 13.9 Å². The number of ether oxygens (including phenoxy) is 1. The Hall–Kier alpha value is -2.38. The Labute approximate surface area is 203 Å². The van der Waals surface area contributed by atoms with E-state index in [-0.39, 0.29) is 23.7 Å². The molecule has 0 unspecified atom stereocenters. The quantitative estimate of drug-likeness (QED) is 0.422. The van der Waals surface area contributed by atoms with Crippen molar-refractivity contribution in [1.82, 2.24) is 15.2 Å². The largest absolute Gasteiger partial charge is 0.447 e. The number of carbonyl (C=O) groups is 1.